The zero-order valence-electron chi connectivity index (χ0n) is 24.6. The van der Waals surface area contributed by atoms with Gasteiger partial charge in [0.15, 0.2) is 5.82 Å². The number of rotatable bonds is 7. The van der Waals surface area contributed by atoms with Crippen LogP contribution in [0, 0.1) is 13.8 Å². The average Bonchev–Trinajstić information content (AvgIpc) is 3.40. The Bertz CT molecular complexity index is 1920. The number of urea groups is 1. The van der Waals surface area contributed by atoms with Gasteiger partial charge in [0, 0.05) is 54.8 Å². The summed E-state index contributed by atoms with van der Waals surface area (Å²) in [4.78, 5) is 32.4. The number of aryl methyl sites for hydroxylation is 1. The number of carbonyl (C=O) groups is 1. The SMILES string of the molecule is COc1nc(-c2cccc(-c3cccc(Nc4nc(C)nc5cccnc45)c3C)c2Cl)ccc1CN1CC2(CNC(=O)N2)C1. The van der Waals surface area contributed by atoms with Gasteiger partial charge in [-0.3, -0.25) is 9.88 Å². The van der Waals surface area contributed by atoms with Crippen molar-refractivity contribution in [3.05, 3.63) is 88.8 Å². The highest BCUT2D eigenvalue weighted by Crippen LogP contribution is 2.40. The third kappa shape index (κ3) is 5.06. The highest BCUT2D eigenvalue weighted by atomic mass is 35.5. The lowest BCUT2D eigenvalue weighted by Gasteiger charge is -2.47. The second-order valence-corrected chi connectivity index (χ2v) is 11.7. The highest BCUT2D eigenvalue weighted by molar-refractivity contribution is 6.36. The molecule has 2 aromatic carbocycles. The molecule has 2 amide bonds. The standard InChI is InChI=1S/C33H31ClN8O2/c1-19-22(7-5-10-25(19)39-30-29-27(11-6-14-35-29)37-20(2)38-30)23-8-4-9-24(28(23)34)26-13-12-21(31(40-26)44-3)15-42-17-33(18-42)16-36-32(43)41-33/h4-14H,15-18H2,1-3H3,(H2,36,41,43)(H,37,38,39). The molecule has 222 valence electrons. The van der Waals surface area contributed by atoms with Gasteiger partial charge in [0.2, 0.25) is 5.88 Å². The second kappa shape index (κ2) is 11.0. The zero-order valence-corrected chi connectivity index (χ0v) is 25.4. The predicted molar refractivity (Wildman–Crippen MR) is 171 cm³/mol. The Hall–Kier alpha value is -4.80. The lowest BCUT2D eigenvalue weighted by Crippen LogP contribution is -2.68. The lowest BCUT2D eigenvalue weighted by atomic mass is 9.90. The first-order valence-electron chi connectivity index (χ1n) is 14.4. The van der Waals surface area contributed by atoms with Gasteiger partial charge in [-0.15, -0.1) is 0 Å². The molecule has 0 aliphatic carbocycles. The van der Waals surface area contributed by atoms with E-state index in [4.69, 9.17) is 21.3 Å². The van der Waals surface area contributed by atoms with Gasteiger partial charge < -0.3 is 20.7 Å². The fourth-order valence-electron chi connectivity index (χ4n) is 6.15. The molecule has 2 aliphatic rings. The summed E-state index contributed by atoms with van der Waals surface area (Å²) in [6.45, 7) is 6.82. The Balaban J connectivity index is 1.16. The number of likely N-dealkylation sites (tertiary alicyclic amines) is 1. The Morgan fingerprint density at radius 1 is 0.977 bits per heavy atom. The van der Waals surface area contributed by atoms with Gasteiger partial charge in [0.1, 0.15) is 11.3 Å². The summed E-state index contributed by atoms with van der Waals surface area (Å²) < 4.78 is 5.71. The molecule has 0 radical (unpaired) electrons. The predicted octanol–water partition coefficient (Wildman–Crippen LogP) is 5.64. The summed E-state index contributed by atoms with van der Waals surface area (Å²) >= 11 is 7.11. The first kappa shape index (κ1) is 28.0. The van der Waals surface area contributed by atoms with Crippen LogP contribution in [0.2, 0.25) is 5.02 Å². The maximum Gasteiger partial charge on any atom is 0.315 e. The van der Waals surface area contributed by atoms with Crippen LogP contribution in [-0.4, -0.2) is 63.1 Å². The van der Waals surface area contributed by atoms with Crippen LogP contribution in [0.1, 0.15) is 17.0 Å². The van der Waals surface area contributed by atoms with Crippen LogP contribution in [0.15, 0.2) is 66.9 Å². The van der Waals surface area contributed by atoms with Crippen molar-refractivity contribution in [1.29, 1.82) is 0 Å². The first-order chi connectivity index (χ1) is 21.3. The molecule has 7 rings (SSSR count). The van der Waals surface area contributed by atoms with Crippen LogP contribution < -0.4 is 20.7 Å². The van der Waals surface area contributed by atoms with Gasteiger partial charge in [-0.25, -0.2) is 19.7 Å². The number of halogens is 1. The minimum Gasteiger partial charge on any atom is -0.481 e. The number of pyridine rings is 2. The number of anilines is 2. The minimum absolute atomic E-state index is 0.0997. The van der Waals surface area contributed by atoms with Gasteiger partial charge in [0.05, 0.1) is 28.9 Å². The van der Waals surface area contributed by atoms with Crippen molar-refractivity contribution >= 4 is 40.2 Å². The number of nitrogens with zero attached hydrogens (tertiary/aromatic N) is 5. The molecule has 0 atom stereocenters. The molecular weight excluding hydrogens is 576 g/mol. The normalized spacial score (nSPS) is 15.6. The van der Waals surface area contributed by atoms with E-state index in [9.17, 15) is 4.79 Å². The summed E-state index contributed by atoms with van der Waals surface area (Å²) in [5.74, 6) is 1.88. The van der Waals surface area contributed by atoms with Crippen molar-refractivity contribution in [2.45, 2.75) is 25.9 Å². The number of hydrogen-bond acceptors (Lipinski definition) is 8. The second-order valence-electron chi connectivity index (χ2n) is 11.4. The minimum atomic E-state index is -0.172. The van der Waals surface area contributed by atoms with Gasteiger partial charge in [0.25, 0.3) is 0 Å². The number of ether oxygens (including phenoxy) is 1. The van der Waals surface area contributed by atoms with Crippen LogP contribution in [-0.2, 0) is 6.54 Å². The zero-order chi connectivity index (χ0) is 30.4. The van der Waals surface area contributed by atoms with E-state index < -0.39 is 0 Å². The number of aromatic nitrogens is 4. The van der Waals surface area contributed by atoms with E-state index in [1.54, 1.807) is 13.3 Å². The Morgan fingerprint density at radius 2 is 1.77 bits per heavy atom. The molecule has 0 bridgehead atoms. The molecule has 44 heavy (non-hydrogen) atoms. The molecule has 2 saturated heterocycles. The lowest BCUT2D eigenvalue weighted by molar-refractivity contribution is 0.0587. The monoisotopic (exact) mass is 606 g/mol. The molecule has 2 aliphatic heterocycles. The smallest absolute Gasteiger partial charge is 0.315 e. The van der Waals surface area contributed by atoms with Crippen LogP contribution >= 0.6 is 11.6 Å². The molecule has 5 aromatic rings. The van der Waals surface area contributed by atoms with E-state index in [-0.39, 0.29) is 11.6 Å². The van der Waals surface area contributed by atoms with Crippen molar-refractivity contribution in [1.82, 2.24) is 35.5 Å². The number of amides is 2. The Morgan fingerprint density at radius 3 is 2.57 bits per heavy atom. The van der Waals surface area contributed by atoms with Crippen molar-refractivity contribution in [3.8, 4) is 28.3 Å². The molecule has 1 spiro atoms. The van der Waals surface area contributed by atoms with Crippen molar-refractivity contribution in [2.24, 2.45) is 0 Å². The van der Waals surface area contributed by atoms with Gasteiger partial charge in [-0.2, -0.15) is 0 Å². The molecule has 5 heterocycles. The maximum absolute atomic E-state index is 11.6. The van der Waals surface area contributed by atoms with Crippen LogP contribution in [0.3, 0.4) is 0 Å². The van der Waals surface area contributed by atoms with E-state index in [2.05, 4.69) is 48.8 Å². The Kier molecular flexibility index (Phi) is 7.02. The molecule has 10 nitrogen and oxygen atoms in total. The molecular formula is C33H31ClN8O2. The summed E-state index contributed by atoms with van der Waals surface area (Å²) in [7, 11) is 1.63. The molecule has 11 heteroatoms. The third-order valence-electron chi connectivity index (χ3n) is 8.26. The average molecular weight is 607 g/mol. The van der Waals surface area contributed by atoms with Gasteiger partial charge in [-0.1, -0.05) is 48.0 Å². The number of hydrogen-bond donors (Lipinski definition) is 3. The Labute approximate surface area is 259 Å². The molecule has 3 aromatic heterocycles. The molecule has 0 saturated carbocycles. The van der Waals surface area contributed by atoms with E-state index in [1.165, 1.54) is 0 Å². The van der Waals surface area contributed by atoms with E-state index in [0.717, 1.165) is 57.8 Å². The van der Waals surface area contributed by atoms with Crippen molar-refractivity contribution in [2.75, 3.05) is 32.1 Å². The highest BCUT2D eigenvalue weighted by Gasteiger charge is 2.47. The fourth-order valence-corrected chi connectivity index (χ4v) is 6.47. The van der Waals surface area contributed by atoms with Gasteiger partial charge in [-0.05, 0) is 49.2 Å². The topological polar surface area (TPSA) is 117 Å². The van der Waals surface area contributed by atoms with Crippen LogP contribution in [0.25, 0.3) is 33.4 Å². The summed E-state index contributed by atoms with van der Waals surface area (Å²) in [5.41, 5.74) is 7.66. The first-order valence-corrected chi connectivity index (χ1v) is 14.8. The van der Waals surface area contributed by atoms with E-state index in [1.807, 2.05) is 61.5 Å². The van der Waals surface area contributed by atoms with Crippen molar-refractivity contribution < 1.29 is 9.53 Å². The molecule has 0 unspecified atom stereocenters. The van der Waals surface area contributed by atoms with Crippen LogP contribution in [0.5, 0.6) is 5.88 Å². The molecule has 2 fully saturated rings. The summed E-state index contributed by atoms with van der Waals surface area (Å²) in [6.07, 6.45) is 1.74. The number of carbonyl (C=O) groups excluding carboxylic acids is 1. The number of methoxy groups -OCH3 is 1. The van der Waals surface area contributed by atoms with E-state index >= 15 is 0 Å². The van der Waals surface area contributed by atoms with Crippen LogP contribution in [0.4, 0.5) is 16.3 Å². The number of fused-ring (bicyclic) bond motifs is 1. The summed E-state index contributed by atoms with van der Waals surface area (Å²) in [5, 5.41) is 9.97. The van der Waals surface area contributed by atoms with E-state index in [0.29, 0.717) is 41.2 Å². The van der Waals surface area contributed by atoms with Gasteiger partial charge >= 0.3 is 6.03 Å². The number of benzene rings is 2. The quantitative estimate of drug-likeness (QED) is 0.218. The summed E-state index contributed by atoms with van der Waals surface area (Å²) in [6, 6.07) is 19.8. The maximum atomic E-state index is 11.6. The largest absolute Gasteiger partial charge is 0.481 e. The molecule has 3 N–H and O–H groups in total. The third-order valence-corrected chi connectivity index (χ3v) is 8.67. The fraction of sp³-hybridized carbons (Fsp3) is 0.242. The van der Waals surface area contributed by atoms with Crippen molar-refractivity contribution in [3.63, 3.8) is 0 Å². The number of nitrogens with one attached hydrogen (secondary N) is 3.